The van der Waals surface area contributed by atoms with Crippen LogP contribution in [-0.4, -0.2) is 9.97 Å². The molecule has 0 saturated carbocycles. The lowest BCUT2D eigenvalue weighted by Crippen LogP contribution is -1.97. The lowest BCUT2D eigenvalue weighted by atomic mass is 10.3. The molecule has 0 bridgehead atoms. The molecule has 0 aliphatic rings. The van der Waals surface area contributed by atoms with Crippen molar-refractivity contribution in [3.05, 3.63) is 40.0 Å². The number of rotatable bonds is 2. The third-order valence-electron chi connectivity index (χ3n) is 1.74. The summed E-state index contributed by atoms with van der Waals surface area (Å²) in [6, 6.07) is 8.90. The Kier molecular flexibility index (Phi) is 3.26. The molecule has 1 aromatic heterocycles. The molecule has 0 atom stereocenters. The van der Waals surface area contributed by atoms with Gasteiger partial charge in [0.1, 0.15) is 10.9 Å². The summed E-state index contributed by atoms with van der Waals surface area (Å²) >= 11 is 9.09. The Bertz CT molecular complexity index is 501. The normalized spacial score (nSPS) is 10.1. The number of ether oxygens (including phenoxy) is 1. The number of anilines is 1. The molecule has 0 amide bonds. The summed E-state index contributed by atoms with van der Waals surface area (Å²) in [4.78, 5) is 7.65. The van der Waals surface area contributed by atoms with Crippen molar-refractivity contribution in [3.63, 3.8) is 0 Å². The van der Waals surface area contributed by atoms with Crippen LogP contribution in [0.4, 0.5) is 5.95 Å². The summed E-state index contributed by atoms with van der Waals surface area (Å²) in [5, 5.41) is 0.245. The van der Waals surface area contributed by atoms with Crippen molar-refractivity contribution in [1.29, 1.82) is 0 Å². The number of halogens is 2. The number of nitrogens with zero attached hydrogens (tertiary/aromatic N) is 2. The quantitative estimate of drug-likeness (QED) is 0.865. The maximum absolute atomic E-state index is 5.73. The SMILES string of the molecule is Nc1nc(Cl)cc(Oc2ccccc2Br)n1. The molecular formula is C10H7BrClN3O. The zero-order valence-corrected chi connectivity index (χ0v) is 10.4. The summed E-state index contributed by atoms with van der Waals surface area (Å²) in [7, 11) is 0. The van der Waals surface area contributed by atoms with Gasteiger partial charge in [-0.1, -0.05) is 23.7 Å². The molecule has 2 rings (SSSR count). The molecule has 0 aliphatic carbocycles. The molecule has 6 heteroatoms. The summed E-state index contributed by atoms with van der Waals surface area (Å²) in [6.45, 7) is 0. The zero-order valence-electron chi connectivity index (χ0n) is 8.02. The Labute approximate surface area is 106 Å². The van der Waals surface area contributed by atoms with Gasteiger partial charge in [-0.15, -0.1) is 0 Å². The number of aromatic nitrogens is 2. The summed E-state index contributed by atoms with van der Waals surface area (Å²) in [6.07, 6.45) is 0. The maximum atomic E-state index is 5.73. The standard InChI is InChI=1S/C10H7BrClN3O/c11-6-3-1-2-4-7(6)16-9-5-8(12)14-10(13)15-9/h1-5H,(H2,13,14,15). The fraction of sp³-hybridized carbons (Fsp3) is 0. The number of para-hydroxylation sites is 1. The smallest absolute Gasteiger partial charge is 0.225 e. The van der Waals surface area contributed by atoms with E-state index in [1.165, 1.54) is 6.07 Å². The van der Waals surface area contributed by atoms with Gasteiger partial charge in [0.2, 0.25) is 11.8 Å². The van der Waals surface area contributed by atoms with Gasteiger partial charge >= 0.3 is 0 Å². The highest BCUT2D eigenvalue weighted by Gasteiger charge is 2.05. The van der Waals surface area contributed by atoms with Crippen molar-refractivity contribution < 1.29 is 4.74 Å². The minimum Gasteiger partial charge on any atom is -0.438 e. The summed E-state index contributed by atoms with van der Waals surface area (Å²) < 4.78 is 6.33. The van der Waals surface area contributed by atoms with E-state index >= 15 is 0 Å². The van der Waals surface area contributed by atoms with Crippen LogP contribution in [0.1, 0.15) is 0 Å². The Morgan fingerprint density at radius 2 is 2.00 bits per heavy atom. The van der Waals surface area contributed by atoms with Gasteiger partial charge in [-0.05, 0) is 28.1 Å². The second-order valence-corrected chi connectivity index (χ2v) is 4.16. The number of benzene rings is 1. The second kappa shape index (κ2) is 4.67. The van der Waals surface area contributed by atoms with Crippen LogP contribution in [-0.2, 0) is 0 Å². The van der Waals surface area contributed by atoms with Crippen LogP contribution in [0.25, 0.3) is 0 Å². The summed E-state index contributed by atoms with van der Waals surface area (Å²) in [5.41, 5.74) is 5.45. The first-order chi connectivity index (χ1) is 7.65. The topological polar surface area (TPSA) is 61.0 Å². The number of hydrogen-bond acceptors (Lipinski definition) is 4. The van der Waals surface area contributed by atoms with E-state index in [9.17, 15) is 0 Å². The predicted octanol–water partition coefficient (Wildman–Crippen LogP) is 3.27. The molecule has 0 unspecified atom stereocenters. The average Bonchev–Trinajstić information content (AvgIpc) is 2.20. The Balaban J connectivity index is 2.30. The third-order valence-corrected chi connectivity index (χ3v) is 2.59. The minimum atomic E-state index is 0.0783. The van der Waals surface area contributed by atoms with E-state index in [0.29, 0.717) is 11.6 Å². The van der Waals surface area contributed by atoms with Crippen LogP contribution in [0, 0.1) is 0 Å². The van der Waals surface area contributed by atoms with Gasteiger partial charge in [0.15, 0.2) is 0 Å². The first-order valence-electron chi connectivity index (χ1n) is 4.37. The van der Waals surface area contributed by atoms with Gasteiger partial charge in [0.25, 0.3) is 0 Å². The van der Waals surface area contributed by atoms with Gasteiger partial charge in [-0.25, -0.2) is 4.98 Å². The van der Waals surface area contributed by atoms with Crippen molar-refractivity contribution in [2.75, 3.05) is 5.73 Å². The van der Waals surface area contributed by atoms with E-state index in [2.05, 4.69) is 25.9 Å². The first kappa shape index (κ1) is 11.2. The van der Waals surface area contributed by atoms with Crippen LogP contribution in [0.2, 0.25) is 5.15 Å². The largest absolute Gasteiger partial charge is 0.438 e. The minimum absolute atomic E-state index is 0.0783. The van der Waals surface area contributed by atoms with Crippen LogP contribution in [0.15, 0.2) is 34.8 Å². The van der Waals surface area contributed by atoms with Gasteiger partial charge in [-0.2, -0.15) is 4.98 Å². The van der Waals surface area contributed by atoms with Gasteiger partial charge in [0, 0.05) is 6.07 Å². The molecule has 0 fully saturated rings. The van der Waals surface area contributed by atoms with Gasteiger partial charge in [-0.3, -0.25) is 0 Å². The molecule has 2 N–H and O–H groups in total. The Morgan fingerprint density at radius 1 is 1.25 bits per heavy atom. The van der Waals surface area contributed by atoms with E-state index in [0.717, 1.165) is 4.47 Å². The molecule has 0 aliphatic heterocycles. The molecule has 2 aromatic rings. The average molecular weight is 301 g/mol. The fourth-order valence-corrected chi connectivity index (χ4v) is 1.65. The third kappa shape index (κ3) is 2.62. The Hall–Kier alpha value is -1.33. The van der Waals surface area contributed by atoms with Crippen LogP contribution in [0.3, 0.4) is 0 Å². The lowest BCUT2D eigenvalue weighted by molar-refractivity contribution is 0.460. The highest BCUT2D eigenvalue weighted by molar-refractivity contribution is 9.10. The fourth-order valence-electron chi connectivity index (χ4n) is 1.11. The molecule has 0 spiro atoms. The molecule has 1 aromatic carbocycles. The molecule has 16 heavy (non-hydrogen) atoms. The highest BCUT2D eigenvalue weighted by Crippen LogP contribution is 2.29. The van der Waals surface area contributed by atoms with Crippen LogP contribution < -0.4 is 10.5 Å². The van der Waals surface area contributed by atoms with Crippen molar-refractivity contribution in [2.24, 2.45) is 0 Å². The van der Waals surface area contributed by atoms with E-state index in [4.69, 9.17) is 22.1 Å². The molecule has 1 heterocycles. The first-order valence-corrected chi connectivity index (χ1v) is 5.54. The molecule has 0 saturated heterocycles. The predicted molar refractivity (Wildman–Crippen MR) is 65.7 cm³/mol. The summed E-state index contributed by atoms with van der Waals surface area (Å²) in [5.74, 6) is 1.02. The Morgan fingerprint density at radius 3 is 2.69 bits per heavy atom. The second-order valence-electron chi connectivity index (χ2n) is 2.92. The highest BCUT2D eigenvalue weighted by atomic mass is 79.9. The zero-order chi connectivity index (χ0) is 11.5. The number of hydrogen-bond donors (Lipinski definition) is 1. The van der Waals surface area contributed by atoms with Crippen molar-refractivity contribution in [3.8, 4) is 11.6 Å². The van der Waals surface area contributed by atoms with Crippen LogP contribution in [0.5, 0.6) is 11.6 Å². The van der Waals surface area contributed by atoms with Gasteiger partial charge < -0.3 is 10.5 Å². The van der Waals surface area contributed by atoms with Crippen LogP contribution >= 0.6 is 27.5 Å². The van der Waals surface area contributed by atoms with E-state index in [1.54, 1.807) is 6.07 Å². The van der Waals surface area contributed by atoms with E-state index < -0.39 is 0 Å². The van der Waals surface area contributed by atoms with Gasteiger partial charge in [0.05, 0.1) is 4.47 Å². The van der Waals surface area contributed by atoms with E-state index in [1.807, 2.05) is 18.2 Å². The molecular weight excluding hydrogens is 293 g/mol. The van der Waals surface area contributed by atoms with Crippen molar-refractivity contribution in [1.82, 2.24) is 9.97 Å². The molecule has 4 nitrogen and oxygen atoms in total. The molecule has 82 valence electrons. The van der Waals surface area contributed by atoms with Crippen molar-refractivity contribution >= 4 is 33.5 Å². The molecule has 0 radical (unpaired) electrons. The lowest BCUT2D eigenvalue weighted by Gasteiger charge is -2.06. The number of nitrogen functional groups attached to an aromatic ring is 1. The maximum Gasteiger partial charge on any atom is 0.225 e. The monoisotopic (exact) mass is 299 g/mol. The van der Waals surface area contributed by atoms with Crippen molar-refractivity contribution in [2.45, 2.75) is 0 Å². The number of nitrogens with two attached hydrogens (primary N) is 1. The van der Waals surface area contributed by atoms with E-state index in [-0.39, 0.29) is 11.1 Å².